The zero-order chi connectivity index (χ0) is 11.8. The van der Waals surface area contributed by atoms with E-state index in [1.165, 1.54) is 0 Å². The molecule has 1 aromatic rings. The highest BCUT2D eigenvalue weighted by Crippen LogP contribution is 2.12. The average Bonchev–Trinajstić information content (AvgIpc) is 2.35. The lowest BCUT2D eigenvalue weighted by atomic mass is 10.1. The van der Waals surface area contributed by atoms with Crippen LogP contribution in [0.1, 0.15) is 31.7 Å². The van der Waals surface area contributed by atoms with Crippen LogP contribution >= 0.6 is 0 Å². The zero-order valence-electron chi connectivity index (χ0n) is 9.40. The Kier molecular flexibility index (Phi) is 4.89. The summed E-state index contributed by atoms with van der Waals surface area (Å²) in [7, 11) is 0. The van der Waals surface area contributed by atoms with Gasteiger partial charge in [0.05, 0.1) is 17.7 Å². The first-order valence-electron chi connectivity index (χ1n) is 5.46. The summed E-state index contributed by atoms with van der Waals surface area (Å²) in [5, 5.41) is 20.7. The van der Waals surface area contributed by atoms with Gasteiger partial charge in [-0.3, -0.25) is 0 Å². The van der Waals surface area contributed by atoms with Crippen molar-refractivity contribution in [3.8, 4) is 12.1 Å². The molecule has 1 rings (SSSR count). The number of unbranched alkanes of at least 4 members (excludes halogenated alkanes) is 1. The van der Waals surface area contributed by atoms with Crippen LogP contribution < -0.4 is 5.32 Å². The number of nitrogens with one attached hydrogen (secondary N) is 1. The molecule has 0 radical (unpaired) electrons. The number of hydrogen-bond donors (Lipinski definition) is 1. The molecule has 0 saturated carbocycles. The van der Waals surface area contributed by atoms with Gasteiger partial charge in [-0.25, -0.2) is 0 Å². The molecule has 82 valence electrons. The second-order valence-corrected chi connectivity index (χ2v) is 3.66. The largest absolute Gasteiger partial charge is 0.370 e. The highest BCUT2D eigenvalue weighted by atomic mass is 14.9. The normalized spacial score (nSPS) is 11.2. The molecule has 0 bridgehead atoms. The molecule has 0 heterocycles. The van der Waals surface area contributed by atoms with E-state index >= 15 is 0 Å². The first kappa shape index (κ1) is 12.1. The molecule has 1 unspecified atom stereocenters. The van der Waals surface area contributed by atoms with Gasteiger partial charge in [0.2, 0.25) is 0 Å². The van der Waals surface area contributed by atoms with Crippen molar-refractivity contribution >= 4 is 5.69 Å². The van der Waals surface area contributed by atoms with E-state index in [0.29, 0.717) is 5.56 Å². The predicted molar refractivity (Wildman–Crippen MR) is 63.7 cm³/mol. The van der Waals surface area contributed by atoms with Crippen LogP contribution in [0, 0.1) is 22.7 Å². The molecule has 1 aromatic carbocycles. The maximum absolute atomic E-state index is 8.95. The molecule has 3 nitrogen and oxygen atoms in total. The van der Waals surface area contributed by atoms with Crippen molar-refractivity contribution in [3.05, 3.63) is 29.8 Å². The van der Waals surface area contributed by atoms with Crippen LogP contribution in [0.15, 0.2) is 24.3 Å². The summed E-state index contributed by atoms with van der Waals surface area (Å²) in [4.78, 5) is 0. The molecule has 0 amide bonds. The van der Waals surface area contributed by atoms with Crippen molar-refractivity contribution in [1.29, 1.82) is 10.5 Å². The van der Waals surface area contributed by atoms with Crippen LogP contribution in [0.5, 0.6) is 0 Å². The van der Waals surface area contributed by atoms with E-state index in [1.54, 1.807) is 12.1 Å². The maximum atomic E-state index is 8.95. The minimum atomic E-state index is -0.145. The SMILES string of the molecule is CCCCC(C#N)Nc1ccc(C#N)cc1. The van der Waals surface area contributed by atoms with Crippen molar-refractivity contribution in [3.63, 3.8) is 0 Å². The zero-order valence-corrected chi connectivity index (χ0v) is 9.40. The lowest BCUT2D eigenvalue weighted by molar-refractivity contribution is 0.687. The quantitative estimate of drug-likeness (QED) is 0.817. The maximum Gasteiger partial charge on any atom is 0.114 e. The summed E-state index contributed by atoms with van der Waals surface area (Å²) < 4.78 is 0. The van der Waals surface area contributed by atoms with E-state index in [4.69, 9.17) is 10.5 Å². The topological polar surface area (TPSA) is 59.6 Å². The Hall–Kier alpha value is -2.00. The van der Waals surface area contributed by atoms with Crippen LogP contribution in [0.4, 0.5) is 5.69 Å². The Balaban J connectivity index is 2.58. The summed E-state index contributed by atoms with van der Waals surface area (Å²) in [6.07, 6.45) is 2.99. The van der Waals surface area contributed by atoms with Gasteiger partial charge in [-0.2, -0.15) is 10.5 Å². The lowest BCUT2D eigenvalue weighted by Gasteiger charge is -2.12. The Bertz CT molecular complexity index is 395. The summed E-state index contributed by atoms with van der Waals surface area (Å²) in [6, 6.07) is 11.3. The lowest BCUT2D eigenvalue weighted by Crippen LogP contribution is -2.16. The number of rotatable bonds is 5. The molecule has 0 aromatic heterocycles. The number of nitrogens with zero attached hydrogens (tertiary/aromatic N) is 2. The van der Waals surface area contributed by atoms with Crippen molar-refractivity contribution in [1.82, 2.24) is 0 Å². The van der Waals surface area contributed by atoms with E-state index in [-0.39, 0.29) is 6.04 Å². The van der Waals surface area contributed by atoms with Crippen LogP contribution in [0.3, 0.4) is 0 Å². The molecule has 16 heavy (non-hydrogen) atoms. The fraction of sp³-hybridized carbons (Fsp3) is 0.385. The van der Waals surface area contributed by atoms with Gasteiger partial charge in [0.15, 0.2) is 0 Å². The number of benzene rings is 1. The Labute approximate surface area is 96.3 Å². The predicted octanol–water partition coefficient (Wildman–Crippen LogP) is 3.05. The van der Waals surface area contributed by atoms with Gasteiger partial charge in [0.25, 0.3) is 0 Å². The second kappa shape index (κ2) is 6.48. The summed E-state index contributed by atoms with van der Waals surface area (Å²) in [5.41, 5.74) is 1.52. The Morgan fingerprint density at radius 3 is 2.44 bits per heavy atom. The van der Waals surface area contributed by atoms with E-state index in [1.807, 2.05) is 12.1 Å². The van der Waals surface area contributed by atoms with Crippen LogP contribution in [0.2, 0.25) is 0 Å². The van der Waals surface area contributed by atoms with Gasteiger partial charge >= 0.3 is 0 Å². The molecule has 0 spiro atoms. The molecular formula is C13H15N3. The first-order valence-corrected chi connectivity index (χ1v) is 5.46. The van der Waals surface area contributed by atoms with Crippen molar-refractivity contribution < 1.29 is 0 Å². The van der Waals surface area contributed by atoms with Crippen molar-refractivity contribution in [2.45, 2.75) is 32.2 Å². The third-order valence-corrected chi connectivity index (χ3v) is 2.36. The van der Waals surface area contributed by atoms with Crippen molar-refractivity contribution in [2.75, 3.05) is 5.32 Å². The number of anilines is 1. The molecule has 1 N–H and O–H groups in total. The highest BCUT2D eigenvalue weighted by molar-refractivity contribution is 5.48. The van der Waals surface area contributed by atoms with Crippen LogP contribution in [-0.2, 0) is 0 Å². The van der Waals surface area contributed by atoms with E-state index in [0.717, 1.165) is 24.9 Å². The van der Waals surface area contributed by atoms with E-state index in [2.05, 4.69) is 24.4 Å². The monoisotopic (exact) mass is 213 g/mol. The number of hydrogen-bond acceptors (Lipinski definition) is 3. The molecule has 3 heteroatoms. The minimum Gasteiger partial charge on any atom is -0.370 e. The molecule has 0 aliphatic heterocycles. The van der Waals surface area contributed by atoms with Gasteiger partial charge < -0.3 is 5.32 Å². The van der Waals surface area contributed by atoms with Gasteiger partial charge in [-0.05, 0) is 30.7 Å². The smallest absolute Gasteiger partial charge is 0.114 e. The third kappa shape index (κ3) is 3.63. The van der Waals surface area contributed by atoms with Gasteiger partial charge in [-0.15, -0.1) is 0 Å². The fourth-order valence-corrected chi connectivity index (χ4v) is 1.42. The fourth-order valence-electron chi connectivity index (χ4n) is 1.42. The van der Waals surface area contributed by atoms with Gasteiger partial charge in [0.1, 0.15) is 6.04 Å². The van der Waals surface area contributed by atoms with Crippen molar-refractivity contribution in [2.24, 2.45) is 0 Å². The van der Waals surface area contributed by atoms with E-state index in [9.17, 15) is 0 Å². The highest BCUT2D eigenvalue weighted by Gasteiger charge is 2.05. The third-order valence-electron chi connectivity index (χ3n) is 2.36. The van der Waals surface area contributed by atoms with Gasteiger partial charge in [0, 0.05) is 5.69 Å². The van der Waals surface area contributed by atoms with Gasteiger partial charge in [-0.1, -0.05) is 19.8 Å². The second-order valence-electron chi connectivity index (χ2n) is 3.66. The van der Waals surface area contributed by atoms with Crippen LogP contribution in [-0.4, -0.2) is 6.04 Å². The molecule has 0 aliphatic rings. The minimum absolute atomic E-state index is 0.145. The summed E-state index contributed by atoms with van der Waals surface area (Å²) in [6.45, 7) is 2.11. The molecule has 0 aliphatic carbocycles. The molecule has 0 saturated heterocycles. The average molecular weight is 213 g/mol. The Morgan fingerprint density at radius 1 is 1.25 bits per heavy atom. The standard InChI is InChI=1S/C13H15N3/c1-2-3-4-13(10-15)16-12-7-5-11(9-14)6-8-12/h5-8,13,16H,2-4H2,1H3. The molecule has 1 atom stereocenters. The van der Waals surface area contributed by atoms with Crippen LogP contribution in [0.25, 0.3) is 0 Å². The molecule has 0 fully saturated rings. The summed E-state index contributed by atoms with van der Waals surface area (Å²) >= 11 is 0. The molecular weight excluding hydrogens is 198 g/mol. The van der Waals surface area contributed by atoms with E-state index < -0.39 is 0 Å². The first-order chi connectivity index (χ1) is 7.80. The number of nitriles is 2. The summed E-state index contributed by atoms with van der Waals surface area (Å²) in [5.74, 6) is 0. The Morgan fingerprint density at radius 2 is 1.94 bits per heavy atom.